The van der Waals surface area contributed by atoms with E-state index in [4.69, 9.17) is 5.26 Å². The highest BCUT2D eigenvalue weighted by Gasteiger charge is 2.15. The van der Waals surface area contributed by atoms with Crippen LogP contribution < -0.4 is 10.6 Å². The minimum atomic E-state index is -0.115. The van der Waals surface area contributed by atoms with Gasteiger partial charge in [-0.3, -0.25) is 14.5 Å². The van der Waals surface area contributed by atoms with Crippen molar-refractivity contribution in [3.8, 4) is 17.2 Å². The molecule has 0 radical (unpaired) electrons. The number of benzene rings is 1. The summed E-state index contributed by atoms with van der Waals surface area (Å²) in [6.07, 6.45) is 2.45. The first-order valence-corrected chi connectivity index (χ1v) is 8.89. The van der Waals surface area contributed by atoms with Crippen LogP contribution in [-0.4, -0.2) is 54.4 Å². The maximum absolute atomic E-state index is 12.2. The number of nitriles is 1. The van der Waals surface area contributed by atoms with E-state index in [2.05, 4.69) is 20.5 Å². The fourth-order valence-corrected chi connectivity index (χ4v) is 2.93. The molecule has 1 aliphatic rings. The SMILES string of the molecule is N#Cc1ccc(-c2ccc(C(=O)NCCCN3CCNC(=O)C3)cc2)cn1. The molecule has 3 rings (SSSR count). The lowest BCUT2D eigenvalue weighted by Crippen LogP contribution is -2.48. The highest BCUT2D eigenvalue weighted by atomic mass is 16.2. The molecule has 0 unspecified atom stereocenters. The molecule has 7 heteroatoms. The van der Waals surface area contributed by atoms with Gasteiger partial charge in [0.15, 0.2) is 0 Å². The first kappa shape index (κ1) is 18.5. The van der Waals surface area contributed by atoms with Gasteiger partial charge in [0.1, 0.15) is 11.8 Å². The minimum absolute atomic E-state index is 0.0582. The molecule has 0 atom stereocenters. The number of pyridine rings is 1. The third-order valence-corrected chi connectivity index (χ3v) is 4.41. The Bertz CT molecular complexity index is 840. The van der Waals surface area contributed by atoms with Crippen molar-refractivity contribution in [3.63, 3.8) is 0 Å². The number of nitrogens with one attached hydrogen (secondary N) is 2. The average Bonchev–Trinajstić information content (AvgIpc) is 2.71. The van der Waals surface area contributed by atoms with Gasteiger partial charge >= 0.3 is 0 Å². The number of carbonyl (C=O) groups is 2. The van der Waals surface area contributed by atoms with Crippen molar-refractivity contribution in [2.45, 2.75) is 6.42 Å². The Morgan fingerprint density at radius 3 is 2.67 bits per heavy atom. The van der Waals surface area contributed by atoms with Crippen LogP contribution >= 0.6 is 0 Å². The van der Waals surface area contributed by atoms with E-state index in [0.29, 0.717) is 30.9 Å². The molecule has 1 aromatic carbocycles. The van der Waals surface area contributed by atoms with E-state index < -0.39 is 0 Å². The smallest absolute Gasteiger partial charge is 0.251 e. The van der Waals surface area contributed by atoms with Crippen molar-refractivity contribution in [2.24, 2.45) is 0 Å². The Kier molecular flexibility index (Phi) is 6.13. The Labute approximate surface area is 158 Å². The summed E-state index contributed by atoms with van der Waals surface area (Å²) < 4.78 is 0. The molecule has 0 aliphatic carbocycles. The molecule has 1 fully saturated rings. The number of nitrogens with zero attached hydrogens (tertiary/aromatic N) is 3. The fraction of sp³-hybridized carbons (Fsp3) is 0.300. The Hall–Kier alpha value is -3.24. The minimum Gasteiger partial charge on any atom is -0.354 e. The second-order valence-electron chi connectivity index (χ2n) is 6.36. The van der Waals surface area contributed by atoms with Gasteiger partial charge in [-0.05, 0) is 36.2 Å². The molecule has 1 aliphatic heterocycles. The lowest BCUT2D eigenvalue weighted by atomic mass is 10.1. The van der Waals surface area contributed by atoms with E-state index in [0.717, 1.165) is 30.6 Å². The van der Waals surface area contributed by atoms with Crippen LogP contribution in [0.2, 0.25) is 0 Å². The van der Waals surface area contributed by atoms with Gasteiger partial charge in [-0.25, -0.2) is 4.98 Å². The van der Waals surface area contributed by atoms with Crippen molar-refractivity contribution in [3.05, 3.63) is 53.9 Å². The summed E-state index contributed by atoms with van der Waals surface area (Å²) in [5, 5.41) is 14.5. The van der Waals surface area contributed by atoms with Crippen molar-refractivity contribution >= 4 is 11.8 Å². The van der Waals surface area contributed by atoms with E-state index >= 15 is 0 Å². The standard InChI is InChI=1S/C20H21N5O2/c21-12-18-7-6-17(13-24-18)15-2-4-16(5-3-15)20(27)23-8-1-10-25-11-9-22-19(26)14-25/h2-7,13H,1,8-11,14H2,(H,22,26)(H,23,27). The molecule has 0 saturated carbocycles. The summed E-state index contributed by atoms with van der Waals surface area (Å²) >= 11 is 0. The molecular formula is C20H21N5O2. The lowest BCUT2D eigenvalue weighted by Gasteiger charge is -2.26. The largest absolute Gasteiger partial charge is 0.354 e. The maximum atomic E-state index is 12.2. The van der Waals surface area contributed by atoms with Crippen LogP contribution in [0.5, 0.6) is 0 Å². The van der Waals surface area contributed by atoms with E-state index in [1.807, 2.05) is 24.3 Å². The zero-order valence-electron chi connectivity index (χ0n) is 14.9. The summed E-state index contributed by atoms with van der Waals surface area (Å²) in [5.74, 6) is -0.0567. The molecule has 7 nitrogen and oxygen atoms in total. The fourth-order valence-electron chi connectivity index (χ4n) is 2.93. The number of hydrogen-bond acceptors (Lipinski definition) is 5. The molecule has 2 aromatic rings. The first-order valence-electron chi connectivity index (χ1n) is 8.89. The summed E-state index contributed by atoms with van der Waals surface area (Å²) in [6.45, 7) is 3.33. The molecule has 1 saturated heterocycles. The van der Waals surface area contributed by atoms with Gasteiger partial charge < -0.3 is 10.6 Å². The zero-order chi connectivity index (χ0) is 19.1. The number of piperazine rings is 1. The molecule has 0 bridgehead atoms. The number of amides is 2. The number of hydrogen-bond donors (Lipinski definition) is 2. The van der Waals surface area contributed by atoms with Gasteiger partial charge in [0.25, 0.3) is 5.91 Å². The van der Waals surface area contributed by atoms with Crippen LogP contribution in [0.3, 0.4) is 0 Å². The highest BCUT2D eigenvalue weighted by Crippen LogP contribution is 2.19. The number of aromatic nitrogens is 1. The van der Waals surface area contributed by atoms with Gasteiger partial charge in [-0.2, -0.15) is 5.26 Å². The predicted octanol–water partition coefficient (Wildman–Crippen LogP) is 1.17. The van der Waals surface area contributed by atoms with Gasteiger partial charge in [0.2, 0.25) is 5.91 Å². The van der Waals surface area contributed by atoms with Crippen molar-refractivity contribution in [1.82, 2.24) is 20.5 Å². The molecule has 0 spiro atoms. The van der Waals surface area contributed by atoms with E-state index in [1.165, 1.54) is 0 Å². The molecular weight excluding hydrogens is 342 g/mol. The Balaban J connectivity index is 1.47. The molecule has 2 N–H and O–H groups in total. The second kappa shape index (κ2) is 8.92. The van der Waals surface area contributed by atoms with Crippen LogP contribution in [0.1, 0.15) is 22.5 Å². The monoisotopic (exact) mass is 363 g/mol. The maximum Gasteiger partial charge on any atom is 0.251 e. The van der Waals surface area contributed by atoms with E-state index in [-0.39, 0.29) is 11.8 Å². The number of carbonyl (C=O) groups excluding carboxylic acids is 2. The van der Waals surface area contributed by atoms with Crippen LogP contribution in [-0.2, 0) is 4.79 Å². The average molecular weight is 363 g/mol. The summed E-state index contributed by atoms with van der Waals surface area (Å²) in [5.41, 5.74) is 2.80. The lowest BCUT2D eigenvalue weighted by molar-refractivity contribution is -0.124. The van der Waals surface area contributed by atoms with Crippen LogP contribution in [0, 0.1) is 11.3 Å². The van der Waals surface area contributed by atoms with E-state index in [9.17, 15) is 9.59 Å². The first-order chi connectivity index (χ1) is 13.2. The molecule has 2 heterocycles. The summed E-state index contributed by atoms with van der Waals surface area (Å²) in [4.78, 5) is 29.7. The molecule has 138 valence electrons. The third-order valence-electron chi connectivity index (χ3n) is 4.41. The van der Waals surface area contributed by atoms with Gasteiger partial charge in [-0.1, -0.05) is 12.1 Å². The highest BCUT2D eigenvalue weighted by molar-refractivity contribution is 5.94. The van der Waals surface area contributed by atoms with Gasteiger partial charge in [-0.15, -0.1) is 0 Å². The van der Waals surface area contributed by atoms with Gasteiger partial charge in [0.05, 0.1) is 6.54 Å². The van der Waals surface area contributed by atoms with Crippen molar-refractivity contribution in [1.29, 1.82) is 5.26 Å². The van der Waals surface area contributed by atoms with Gasteiger partial charge in [0, 0.05) is 43.5 Å². The number of rotatable bonds is 6. The Morgan fingerprint density at radius 1 is 1.22 bits per heavy atom. The molecule has 1 aromatic heterocycles. The van der Waals surface area contributed by atoms with Crippen LogP contribution in [0.15, 0.2) is 42.6 Å². The van der Waals surface area contributed by atoms with Crippen LogP contribution in [0.4, 0.5) is 0 Å². The normalized spacial score (nSPS) is 14.3. The summed E-state index contributed by atoms with van der Waals surface area (Å²) in [7, 11) is 0. The predicted molar refractivity (Wildman–Crippen MR) is 101 cm³/mol. The quantitative estimate of drug-likeness (QED) is 0.751. The van der Waals surface area contributed by atoms with Crippen LogP contribution in [0.25, 0.3) is 11.1 Å². The summed E-state index contributed by atoms with van der Waals surface area (Å²) in [6, 6.07) is 12.8. The van der Waals surface area contributed by atoms with E-state index in [1.54, 1.807) is 24.4 Å². The van der Waals surface area contributed by atoms with Crippen molar-refractivity contribution in [2.75, 3.05) is 32.7 Å². The topological polar surface area (TPSA) is 98.1 Å². The molecule has 27 heavy (non-hydrogen) atoms. The Morgan fingerprint density at radius 2 is 2.00 bits per heavy atom. The third kappa shape index (κ3) is 5.12. The molecule has 2 amide bonds. The van der Waals surface area contributed by atoms with Crippen molar-refractivity contribution < 1.29 is 9.59 Å². The zero-order valence-corrected chi connectivity index (χ0v) is 14.9. The second-order valence-corrected chi connectivity index (χ2v) is 6.36.